The second-order valence-electron chi connectivity index (χ2n) is 12.9. The molecule has 42 heavy (non-hydrogen) atoms. The summed E-state index contributed by atoms with van der Waals surface area (Å²) in [5, 5.41) is 8.85. The van der Waals surface area contributed by atoms with Crippen molar-refractivity contribution in [2.24, 2.45) is 5.92 Å². The Morgan fingerprint density at radius 1 is 1.12 bits per heavy atom. The number of ether oxygens (including phenoxy) is 2. The zero-order valence-electron chi connectivity index (χ0n) is 25.2. The molecule has 224 valence electrons. The van der Waals surface area contributed by atoms with Gasteiger partial charge in [0.05, 0.1) is 55.4 Å². The van der Waals surface area contributed by atoms with Gasteiger partial charge in [0, 0.05) is 33.7 Å². The van der Waals surface area contributed by atoms with Crippen molar-refractivity contribution >= 4 is 17.6 Å². The highest BCUT2D eigenvalue weighted by atomic mass is 16.6. The quantitative estimate of drug-likeness (QED) is 0.395. The molecule has 12 nitrogen and oxygen atoms in total. The fourth-order valence-corrected chi connectivity index (χ4v) is 5.54. The number of pyridine rings is 1. The minimum absolute atomic E-state index is 0.114. The summed E-state index contributed by atoms with van der Waals surface area (Å²) in [6, 6.07) is 4.29. The summed E-state index contributed by atoms with van der Waals surface area (Å²) in [6.07, 6.45) is 11.4. The third-order valence-electron chi connectivity index (χ3n) is 8.16. The maximum absolute atomic E-state index is 13.2. The van der Waals surface area contributed by atoms with Crippen LogP contribution in [0.2, 0.25) is 0 Å². The molecule has 1 saturated carbocycles. The predicted molar refractivity (Wildman–Crippen MR) is 158 cm³/mol. The van der Waals surface area contributed by atoms with Crippen molar-refractivity contribution in [3.8, 4) is 11.4 Å². The van der Waals surface area contributed by atoms with Crippen LogP contribution in [0.4, 0.5) is 16.3 Å². The van der Waals surface area contributed by atoms with Crippen molar-refractivity contribution in [2.45, 2.75) is 63.6 Å². The standard InChI is InChI=1S/C30H41N9O3/c1-29(2,3)42-28(40)38(16-21-8-9-21)23-7-6-12-37(17-23)22-10-11-26(32-13-22)30(19-41-20-30)39-18-25(34-35-39)24-14-31-15-27(33-24)36(4)5/h10-11,13-15,18,21,23H,6-9,12,16-17,19-20H2,1-5H3/t23-/m1/s1. The summed E-state index contributed by atoms with van der Waals surface area (Å²) in [5.41, 5.74) is 2.19. The molecule has 3 aliphatic rings. The molecule has 0 N–H and O–H groups in total. The van der Waals surface area contributed by atoms with Crippen molar-refractivity contribution in [3.05, 3.63) is 42.6 Å². The fourth-order valence-electron chi connectivity index (χ4n) is 5.54. The third-order valence-corrected chi connectivity index (χ3v) is 8.16. The molecule has 0 bridgehead atoms. The predicted octanol–water partition coefficient (Wildman–Crippen LogP) is 3.59. The number of rotatable bonds is 8. The molecule has 3 aromatic heterocycles. The molecule has 6 rings (SSSR count). The van der Waals surface area contributed by atoms with Crippen LogP contribution in [0.3, 0.4) is 0 Å². The Morgan fingerprint density at radius 3 is 2.57 bits per heavy atom. The van der Waals surface area contributed by atoms with Gasteiger partial charge < -0.3 is 24.2 Å². The number of nitrogens with zero attached hydrogens (tertiary/aromatic N) is 9. The maximum atomic E-state index is 13.2. The normalized spacial score (nSPS) is 20.1. The van der Waals surface area contributed by atoms with Crippen molar-refractivity contribution in [3.63, 3.8) is 0 Å². The Balaban J connectivity index is 1.18. The average molecular weight is 576 g/mol. The molecule has 3 aromatic rings. The average Bonchev–Trinajstić information content (AvgIpc) is 3.64. The molecule has 3 fully saturated rings. The molecule has 2 saturated heterocycles. The Bertz CT molecular complexity index is 1390. The summed E-state index contributed by atoms with van der Waals surface area (Å²) in [4.78, 5) is 33.3. The topological polar surface area (TPSA) is 115 Å². The van der Waals surface area contributed by atoms with Crippen molar-refractivity contribution in [2.75, 3.05) is 56.7 Å². The van der Waals surface area contributed by atoms with Crippen molar-refractivity contribution in [1.29, 1.82) is 0 Å². The Labute approximate surface area is 247 Å². The molecular formula is C30H41N9O3. The minimum Gasteiger partial charge on any atom is -0.444 e. The lowest BCUT2D eigenvalue weighted by Crippen LogP contribution is -2.53. The van der Waals surface area contributed by atoms with Crippen LogP contribution >= 0.6 is 0 Å². The van der Waals surface area contributed by atoms with E-state index < -0.39 is 11.1 Å². The van der Waals surface area contributed by atoms with Gasteiger partial charge in [0.1, 0.15) is 22.8 Å². The van der Waals surface area contributed by atoms with Gasteiger partial charge in [-0.05, 0) is 64.5 Å². The van der Waals surface area contributed by atoms with E-state index in [1.165, 1.54) is 12.8 Å². The SMILES string of the molecule is CN(C)c1cncc(-c2cn(C3(c4ccc(N5CCC[C@@H](N(CC6CC6)C(=O)OC(C)(C)C)C5)cn4)COC3)nn2)n1. The molecule has 0 radical (unpaired) electrons. The van der Waals surface area contributed by atoms with Gasteiger partial charge >= 0.3 is 6.09 Å². The van der Waals surface area contributed by atoms with Gasteiger partial charge in [-0.1, -0.05) is 5.21 Å². The Morgan fingerprint density at radius 2 is 1.93 bits per heavy atom. The van der Waals surface area contributed by atoms with Crippen LogP contribution in [0.1, 0.15) is 52.1 Å². The molecule has 0 spiro atoms. The van der Waals surface area contributed by atoms with E-state index in [4.69, 9.17) is 14.5 Å². The number of carbonyl (C=O) groups excluding carboxylic acids is 1. The van der Waals surface area contributed by atoms with Crippen LogP contribution in [0.5, 0.6) is 0 Å². The highest BCUT2D eigenvalue weighted by Gasteiger charge is 2.45. The number of anilines is 2. The highest BCUT2D eigenvalue weighted by Crippen LogP contribution is 2.35. The van der Waals surface area contributed by atoms with Gasteiger partial charge in [-0.3, -0.25) is 9.97 Å². The zero-order chi connectivity index (χ0) is 29.5. The van der Waals surface area contributed by atoms with E-state index in [2.05, 4.69) is 37.3 Å². The molecule has 2 aliphatic heterocycles. The third kappa shape index (κ3) is 5.90. The van der Waals surface area contributed by atoms with Gasteiger partial charge in [-0.2, -0.15) is 0 Å². The summed E-state index contributed by atoms with van der Waals surface area (Å²) in [5.74, 6) is 1.35. The largest absolute Gasteiger partial charge is 0.444 e. The van der Waals surface area contributed by atoms with E-state index in [0.29, 0.717) is 30.5 Å². The molecule has 0 unspecified atom stereocenters. The number of hydrogen-bond donors (Lipinski definition) is 0. The zero-order valence-corrected chi connectivity index (χ0v) is 25.2. The smallest absolute Gasteiger partial charge is 0.410 e. The van der Waals surface area contributed by atoms with Crippen LogP contribution in [-0.2, 0) is 15.0 Å². The van der Waals surface area contributed by atoms with Crippen LogP contribution in [-0.4, -0.2) is 99.5 Å². The molecule has 1 atom stereocenters. The minimum atomic E-state index is -0.529. The summed E-state index contributed by atoms with van der Waals surface area (Å²) < 4.78 is 13.3. The van der Waals surface area contributed by atoms with E-state index in [1.807, 2.05) is 61.7 Å². The Hall–Kier alpha value is -3.80. The highest BCUT2D eigenvalue weighted by molar-refractivity contribution is 5.69. The van der Waals surface area contributed by atoms with Gasteiger partial charge in [-0.15, -0.1) is 5.10 Å². The van der Waals surface area contributed by atoms with Crippen molar-refractivity contribution < 1.29 is 14.3 Å². The number of amides is 1. The molecule has 1 aliphatic carbocycles. The van der Waals surface area contributed by atoms with Crippen LogP contribution in [0, 0.1) is 5.92 Å². The summed E-state index contributed by atoms with van der Waals surface area (Å²) in [7, 11) is 3.85. The Kier molecular flexibility index (Phi) is 7.50. The first kappa shape index (κ1) is 28.3. The molecule has 12 heteroatoms. The van der Waals surface area contributed by atoms with Crippen molar-refractivity contribution in [1.82, 2.24) is 34.8 Å². The first-order chi connectivity index (χ1) is 20.1. The molecule has 1 amide bonds. The van der Waals surface area contributed by atoms with Crippen LogP contribution in [0.15, 0.2) is 36.9 Å². The molecule has 5 heterocycles. The fraction of sp³-hybridized carbons (Fsp3) is 0.600. The van der Waals surface area contributed by atoms with E-state index in [-0.39, 0.29) is 12.1 Å². The lowest BCUT2D eigenvalue weighted by atomic mass is 9.92. The van der Waals surface area contributed by atoms with E-state index >= 15 is 0 Å². The van der Waals surface area contributed by atoms with Gasteiger partial charge in [0.2, 0.25) is 0 Å². The van der Waals surface area contributed by atoms with Gasteiger partial charge in [0.15, 0.2) is 5.54 Å². The van der Waals surface area contributed by atoms with Gasteiger partial charge in [0.25, 0.3) is 0 Å². The first-order valence-corrected chi connectivity index (χ1v) is 14.8. The second kappa shape index (κ2) is 11.1. The monoisotopic (exact) mass is 575 g/mol. The first-order valence-electron chi connectivity index (χ1n) is 14.8. The number of carbonyl (C=O) groups is 1. The number of piperidine rings is 1. The lowest BCUT2D eigenvalue weighted by molar-refractivity contribution is -0.0851. The van der Waals surface area contributed by atoms with E-state index in [1.54, 1.807) is 12.4 Å². The van der Waals surface area contributed by atoms with E-state index in [0.717, 1.165) is 49.7 Å². The second-order valence-corrected chi connectivity index (χ2v) is 12.9. The van der Waals surface area contributed by atoms with Crippen LogP contribution in [0.25, 0.3) is 11.4 Å². The maximum Gasteiger partial charge on any atom is 0.410 e. The summed E-state index contributed by atoms with van der Waals surface area (Å²) >= 11 is 0. The number of aromatic nitrogens is 6. The lowest BCUT2D eigenvalue weighted by Gasteiger charge is -2.42. The molecular weight excluding hydrogens is 534 g/mol. The molecule has 0 aromatic carbocycles. The van der Waals surface area contributed by atoms with Gasteiger partial charge in [-0.25, -0.2) is 14.5 Å². The number of hydrogen-bond acceptors (Lipinski definition) is 10. The van der Waals surface area contributed by atoms with Crippen LogP contribution < -0.4 is 9.80 Å². The van der Waals surface area contributed by atoms with E-state index in [9.17, 15) is 4.79 Å². The summed E-state index contributed by atoms with van der Waals surface area (Å²) in [6.45, 7) is 9.17.